The highest BCUT2D eigenvalue weighted by atomic mass is 79.9. The van der Waals surface area contributed by atoms with Crippen LogP contribution >= 0.6 is 31.9 Å². The summed E-state index contributed by atoms with van der Waals surface area (Å²) in [4.78, 5) is 47.3. The second-order valence-corrected chi connectivity index (χ2v) is 7.57. The number of rotatable bonds is 3. The summed E-state index contributed by atoms with van der Waals surface area (Å²) in [5.41, 5.74) is 3.18. The van der Waals surface area contributed by atoms with Crippen LogP contribution < -0.4 is 10.6 Å². The Labute approximate surface area is 164 Å². The number of amides is 4. The minimum atomic E-state index is -0.410. The average Bonchev–Trinajstić information content (AvgIpc) is 3.05. The quantitative estimate of drug-likeness (QED) is 0.665. The SMILES string of the molecule is O=C1NC(=O)c2c1ccc(CCc1ccc3c(c1Br)C(=O)NC3=O)c2Br. The van der Waals surface area contributed by atoms with Crippen molar-refractivity contribution in [3.8, 4) is 0 Å². The minimum Gasteiger partial charge on any atom is -0.288 e. The number of nitrogens with one attached hydrogen (secondary N) is 2. The topological polar surface area (TPSA) is 92.3 Å². The van der Waals surface area contributed by atoms with Gasteiger partial charge in [0, 0.05) is 8.95 Å². The summed E-state index contributed by atoms with van der Waals surface area (Å²) < 4.78 is 1.20. The van der Waals surface area contributed by atoms with E-state index in [1.165, 1.54) is 0 Å². The molecule has 0 aromatic heterocycles. The van der Waals surface area contributed by atoms with Crippen LogP contribution in [0.4, 0.5) is 0 Å². The summed E-state index contributed by atoms with van der Waals surface area (Å²) in [5.74, 6) is -1.61. The van der Waals surface area contributed by atoms with Gasteiger partial charge in [-0.15, -0.1) is 0 Å². The highest BCUT2D eigenvalue weighted by Crippen LogP contribution is 2.32. The Bertz CT molecular complexity index is 962. The zero-order chi connectivity index (χ0) is 18.6. The lowest BCUT2D eigenvalue weighted by Crippen LogP contribution is -2.20. The first-order chi connectivity index (χ1) is 12.4. The van der Waals surface area contributed by atoms with E-state index in [-0.39, 0.29) is 0 Å². The Morgan fingerprint density at radius 3 is 1.38 bits per heavy atom. The van der Waals surface area contributed by atoms with Crippen LogP contribution in [0.1, 0.15) is 52.6 Å². The third kappa shape index (κ3) is 2.52. The molecule has 0 unspecified atom stereocenters. The predicted molar refractivity (Wildman–Crippen MR) is 99.3 cm³/mol. The molecule has 0 spiro atoms. The molecular weight excluding hydrogens is 468 g/mol. The predicted octanol–water partition coefficient (Wildman–Crippen LogP) is 2.76. The van der Waals surface area contributed by atoms with E-state index in [9.17, 15) is 19.2 Å². The first-order valence-corrected chi connectivity index (χ1v) is 9.31. The molecule has 2 heterocycles. The first kappa shape index (κ1) is 17.1. The Morgan fingerprint density at radius 2 is 1.00 bits per heavy atom. The molecule has 26 heavy (non-hydrogen) atoms. The Morgan fingerprint density at radius 1 is 0.615 bits per heavy atom. The third-order valence-corrected chi connectivity index (χ3v) is 6.32. The van der Waals surface area contributed by atoms with Gasteiger partial charge in [0.2, 0.25) is 0 Å². The van der Waals surface area contributed by atoms with E-state index in [4.69, 9.17) is 0 Å². The van der Waals surface area contributed by atoms with Gasteiger partial charge in [-0.1, -0.05) is 12.1 Å². The number of benzene rings is 2. The number of halogens is 2. The number of carbonyl (C=O) groups excluding carboxylic acids is 4. The Hall–Kier alpha value is -2.32. The van der Waals surface area contributed by atoms with Crippen molar-refractivity contribution in [2.45, 2.75) is 12.8 Å². The molecule has 0 radical (unpaired) electrons. The summed E-state index contributed by atoms with van der Waals surface area (Å²) in [6, 6.07) is 6.89. The van der Waals surface area contributed by atoms with Gasteiger partial charge < -0.3 is 0 Å². The van der Waals surface area contributed by atoms with E-state index < -0.39 is 23.6 Å². The van der Waals surface area contributed by atoms with Gasteiger partial charge in [-0.3, -0.25) is 29.8 Å². The summed E-state index contributed by atoms with van der Waals surface area (Å²) in [6.45, 7) is 0. The van der Waals surface area contributed by atoms with Crippen LogP contribution in [0.15, 0.2) is 33.2 Å². The normalized spacial score (nSPS) is 15.0. The number of hydrogen-bond acceptors (Lipinski definition) is 4. The first-order valence-electron chi connectivity index (χ1n) is 7.72. The fraction of sp³-hybridized carbons (Fsp3) is 0.111. The molecule has 2 aliphatic rings. The van der Waals surface area contributed by atoms with Crippen LogP contribution in [0.5, 0.6) is 0 Å². The molecule has 0 aliphatic carbocycles. The molecule has 2 aliphatic heterocycles. The molecule has 2 aromatic rings. The molecule has 0 atom stereocenters. The van der Waals surface area contributed by atoms with Crippen LogP contribution in [0.3, 0.4) is 0 Å². The molecule has 130 valence electrons. The average molecular weight is 478 g/mol. The molecule has 2 aromatic carbocycles. The minimum absolute atomic E-state index is 0.352. The van der Waals surface area contributed by atoms with Gasteiger partial charge in [-0.2, -0.15) is 0 Å². The zero-order valence-corrected chi connectivity index (χ0v) is 16.3. The second kappa shape index (κ2) is 6.14. The molecule has 2 N–H and O–H groups in total. The number of carbonyl (C=O) groups is 4. The van der Waals surface area contributed by atoms with Crippen LogP contribution in [-0.4, -0.2) is 23.6 Å². The molecule has 8 heteroatoms. The summed E-state index contributed by atoms with van der Waals surface area (Å²) in [5, 5.41) is 4.56. The monoisotopic (exact) mass is 476 g/mol. The molecular formula is C18H10Br2N2O4. The van der Waals surface area contributed by atoms with Gasteiger partial charge in [-0.05, 0) is 68.0 Å². The number of fused-ring (bicyclic) bond motifs is 2. The molecule has 0 saturated heterocycles. The van der Waals surface area contributed by atoms with Crippen molar-refractivity contribution in [2.24, 2.45) is 0 Å². The summed E-state index contributed by atoms with van der Waals surface area (Å²) in [7, 11) is 0. The maximum atomic E-state index is 11.9. The maximum Gasteiger partial charge on any atom is 0.260 e. The fourth-order valence-electron chi connectivity index (χ4n) is 3.18. The smallest absolute Gasteiger partial charge is 0.260 e. The second-order valence-electron chi connectivity index (χ2n) is 5.99. The lowest BCUT2D eigenvalue weighted by atomic mass is 9.98. The van der Waals surface area contributed by atoms with Crippen molar-refractivity contribution in [3.63, 3.8) is 0 Å². The van der Waals surface area contributed by atoms with Crippen molar-refractivity contribution in [3.05, 3.63) is 66.6 Å². The van der Waals surface area contributed by atoms with Gasteiger partial charge >= 0.3 is 0 Å². The molecule has 0 saturated carbocycles. The Balaban J connectivity index is 1.64. The largest absolute Gasteiger partial charge is 0.288 e. The number of hydrogen-bond donors (Lipinski definition) is 2. The van der Waals surface area contributed by atoms with Crippen LogP contribution in [0.25, 0.3) is 0 Å². The van der Waals surface area contributed by atoms with Gasteiger partial charge in [0.1, 0.15) is 0 Å². The van der Waals surface area contributed by atoms with Crippen molar-refractivity contribution in [1.29, 1.82) is 0 Å². The zero-order valence-electron chi connectivity index (χ0n) is 13.1. The van der Waals surface area contributed by atoms with Crippen LogP contribution in [0.2, 0.25) is 0 Å². The van der Waals surface area contributed by atoms with E-state index in [1.807, 2.05) is 0 Å². The standard InChI is InChI=1S/C18H10Br2N2O4/c19-13-7(3-5-9-11(13)17(25)21-15(9)23)1-2-8-4-6-10-12(14(8)20)18(26)22-16(10)24/h3-6H,1-2H2,(H,21,23,25)(H,22,24,26). The van der Waals surface area contributed by atoms with Crippen LogP contribution in [-0.2, 0) is 12.8 Å². The van der Waals surface area contributed by atoms with E-state index in [2.05, 4.69) is 42.5 Å². The van der Waals surface area contributed by atoms with Gasteiger partial charge in [0.15, 0.2) is 0 Å². The van der Waals surface area contributed by atoms with Gasteiger partial charge in [0.05, 0.1) is 22.3 Å². The summed E-state index contributed by atoms with van der Waals surface area (Å²) >= 11 is 6.85. The lowest BCUT2D eigenvalue weighted by molar-refractivity contribution is 0.0863. The highest BCUT2D eigenvalue weighted by Gasteiger charge is 2.31. The Kier molecular flexibility index (Phi) is 4.04. The van der Waals surface area contributed by atoms with Gasteiger partial charge in [-0.25, -0.2) is 0 Å². The molecule has 0 bridgehead atoms. The summed E-state index contributed by atoms with van der Waals surface area (Å²) in [6.07, 6.45) is 1.17. The molecule has 4 amide bonds. The van der Waals surface area contributed by atoms with Crippen molar-refractivity contribution >= 4 is 55.5 Å². The van der Waals surface area contributed by atoms with Crippen molar-refractivity contribution < 1.29 is 19.2 Å². The van der Waals surface area contributed by atoms with Crippen molar-refractivity contribution in [1.82, 2.24) is 10.6 Å². The van der Waals surface area contributed by atoms with Crippen molar-refractivity contribution in [2.75, 3.05) is 0 Å². The van der Waals surface area contributed by atoms with E-state index in [0.717, 1.165) is 11.1 Å². The van der Waals surface area contributed by atoms with Crippen LogP contribution in [0, 0.1) is 0 Å². The third-order valence-electron chi connectivity index (χ3n) is 4.51. The molecule has 4 rings (SSSR count). The number of imide groups is 2. The van der Waals surface area contributed by atoms with Gasteiger partial charge in [0.25, 0.3) is 23.6 Å². The van der Waals surface area contributed by atoms with E-state index in [1.54, 1.807) is 24.3 Å². The van der Waals surface area contributed by atoms with E-state index >= 15 is 0 Å². The number of aryl methyl sites for hydroxylation is 2. The van der Waals surface area contributed by atoms with E-state index in [0.29, 0.717) is 44.0 Å². The maximum absolute atomic E-state index is 11.9. The lowest BCUT2D eigenvalue weighted by Gasteiger charge is -2.10. The molecule has 6 nitrogen and oxygen atoms in total. The fourth-order valence-corrected chi connectivity index (χ4v) is 4.63. The molecule has 0 fully saturated rings. The highest BCUT2D eigenvalue weighted by molar-refractivity contribution is 9.11.